The summed E-state index contributed by atoms with van der Waals surface area (Å²) in [6.07, 6.45) is 1.79. The fourth-order valence-corrected chi connectivity index (χ4v) is 3.59. The van der Waals surface area contributed by atoms with E-state index in [0.29, 0.717) is 21.2 Å². The van der Waals surface area contributed by atoms with Gasteiger partial charge < -0.3 is 9.67 Å². The van der Waals surface area contributed by atoms with Crippen molar-refractivity contribution in [1.29, 1.82) is 5.26 Å². The number of aromatic nitrogens is 1. The van der Waals surface area contributed by atoms with E-state index in [9.17, 15) is 10.1 Å². The molecule has 1 aromatic heterocycles. The molecule has 0 amide bonds. The number of hydrogen-bond donors (Lipinski definition) is 1. The van der Waals surface area contributed by atoms with Crippen molar-refractivity contribution in [3.8, 4) is 11.8 Å². The molecule has 0 spiro atoms. The SMILES string of the molecule is Cc1cc(/C=C(/C#N)c2ccc(C(=O)O)cc2)c(C)n1-c1ccc(Cl)cc1Cl. The van der Waals surface area contributed by atoms with Crippen LogP contribution in [-0.2, 0) is 0 Å². The summed E-state index contributed by atoms with van der Waals surface area (Å²) >= 11 is 12.4. The topological polar surface area (TPSA) is 66.0 Å². The standard InChI is InChI=1S/C22H16Cl2N2O2/c1-13-9-17(14(2)26(13)21-8-7-19(23)11-20(21)24)10-18(12-25)15-3-5-16(6-4-15)22(27)28/h3-11H,1-2H3,(H,27,28)/b18-10-. The normalized spacial score (nSPS) is 11.3. The minimum atomic E-state index is -1.00. The Hall–Kier alpha value is -3.00. The van der Waals surface area contributed by atoms with Gasteiger partial charge in [0, 0.05) is 16.4 Å². The summed E-state index contributed by atoms with van der Waals surface area (Å²) < 4.78 is 2.01. The second-order valence-electron chi connectivity index (χ2n) is 6.31. The Morgan fingerprint density at radius 3 is 2.29 bits per heavy atom. The zero-order valence-corrected chi connectivity index (χ0v) is 16.7. The maximum absolute atomic E-state index is 11.0. The first-order chi connectivity index (χ1) is 13.3. The Kier molecular flexibility index (Phi) is 5.60. The molecule has 0 aliphatic heterocycles. The Balaban J connectivity index is 2.06. The molecule has 4 nitrogen and oxygen atoms in total. The highest BCUT2D eigenvalue weighted by Crippen LogP contribution is 2.30. The van der Waals surface area contributed by atoms with Gasteiger partial charge in [-0.15, -0.1) is 0 Å². The van der Waals surface area contributed by atoms with E-state index in [-0.39, 0.29) is 5.56 Å². The average Bonchev–Trinajstić information content (AvgIpc) is 2.93. The Morgan fingerprint density at radius 1 is 1.07 bits per heavy atom. The molecule has 3 aromatic rings. The van der Waals surface area contributed by atoms with Crippen LogP contribution in [0, 0.1) is 25.2 Å². The van der Waals surface area contributed by atoms with Crippen molar-refractivity contribution in [2.24, 2.45) is 0 Å². The minimum Gasteiger partial charge on any atom is -0.478 e. The van der Waals surface area contributed by atoms with E-state index in [1.165, 1.54) is 12.1 Å². The lowest BCUT2D eigenvalue weighted by Gasteiger charge is -2.12. The van der Waals surface area contributed by atoms with Gasteiger partial charge in [-0.05, 0) is 67.4 Å². The van der Waals surface area contributed by atoms with E-state index in [0.717, 1.165) is 22.6 Å². The predicted molar refractivity (Wildman–Crippen MR) is 112 cm³/mol. The Labute approximate surface area is 172 Å². The van der Waals surface area contributed by atoms with Crippen LogP contribution in [0.1, 0.15) is 32.9 Å². The number of carboxylic acids is 1. The summed E-state index contributed by atoms with van der Waals surface area (Å²) in [5, 5.41) is 19.7. The zero-order chi connectivity index (χ0) is 20.4. The zero-order valence-electron chi connectivity index (χ0n) is 15.2. The first kappa shape index (κ1) is 19.8. The summed E-state index contributed by atoms with van der Waals surface area (Å²) in [7, 11) is 0. The number of nitriles is 1. The van der Waals surface area contributed by atoms with E-state index < -0.39 is 5.97 Å². The summed E-state index contributed by atoms with van der Waals surface area (Å²) in [5.74, 6) is -1.00. The molecule has 2 aromatic carbocycles. The molecule has 140 valence electrons. The van der Waals surface area contributed by atoms with Gasteiger partial charge in [0.1, 0.15) is 0 Å². The highest BCUT2D eigenvalue weighted by molar-refractivity contribution is 6.35. The molecule has 0 bridgehead atoms. The Morgan fingerprint density at radius 2 is 1.71 bits per heavy atom. The van der Waals surface area contributed by atoms with Crippen molar-refractivity contribution in [1.82, 2.24) is 4.57 Å². The lowest BCUT2D eigenvalue weighted by atomic mass is 10.0. The fourth-order valence-electron chi connectivity index (χ4n) is 3.10. The van der Waals surface area contributed by atoms with E-state index in [4.69, 9.17) is 28.3 Å². The van der Waals surface area contributed by atoms with Gasteiger partial charge >= 0.3 is 5.97 Å². The minimum absolute atomic E-state index is 0.177. The van der Waals surface area contributed by atoms with Crippen LogP contribution in [0.25, 0.3) is 17.3 Å². The number of halogens is 2. The molecule has 0 aliphatic carbocycles. The van der Waals surface area contributed by atoms with Crippen LogP contribution in [0.5, 0.6) is 0 Å². The molecular weight excluding hydrogens is 395 g/mol. The van der Waals surface area contributed by atoms with Crippen molar-refractivity contribution in [3.63, 3.8) is 0 Å². The van der Waals surface area contributed by atoms with Gasteiger partial charge in [0.2, 0.25) is 0 Å². The summed E-state index contributed by atoms with van der Waals surface area (Å²) in [6.45, 7) is 3.91. The molecule has 28 heavy (non-hydrogen) atoms. The third-order valence-electron chi connectivity index (χ3n) is 4.48. The third kappa shape index (κ3) is 3.82. The highest BCUT2D eigenvalue weighted by Gasteiger charge is 2.13. The number of carboxylic acid groups (broad SMARTS) is 1. The number of aryl methyl sites for hydroxylation is 1. The Bertz CT molecular complexity index is 1140. The number of rotatable bonds is 4. The number of hydrogen-bond acceptors (Lipinski definition) is 2. The number of aromatic carboxylic acids is 1. The van der Waals surface area contributed by atoms with Gasteiger partial charge in [-0.3, -0.25) is 0 Å². The third-order valence-corrected chi connectivity index (χ3v) is 5.02. The largest absolute Gasteiger partial charge is 0.478 e. The van der Waals surface area contributed by atoms with Gasteiger partial charge in [-0.25, -0.2) is 4.79 Å². The van der Waals surface area contributed by atoms with E-state index in [2.05, 4.69) is 6.07 Å². The fraction of sp³-hybridized carbons (Fsp3) is 0.0909. The molecule has 1 N–H and O–H groups in total. The van der Waals surface area contributed by atoms with Crippen LogP contribution in [0.2, 0.25) is 10.0 Å². The van der Waals surface area contributed by atoms with Gasteiger partial charge in [-0.2, -0.15) is 5.26 Å². The quantitative estimate of drug-likeness (QED) is 0.523. The van der Waals surface area contributed by atoms with E-state index in [1.54, 1.807) is 30.3 Å². The second-order valence-corrected chi connectivity index (χ2v) is 7.15. The molecule has 1 heterocycles. The molecule has 0 saturated heterocycles. The molecule has 0 fully saturated rings. The molecule has 0 saturated carbocycles. The van der Waals surface area contributed by atoms with Crippen LogP contribution in [0.15, 0.2) is 48.5 Å². The molecule has 0 radical (unpaired) electrons. The predicted octanol–water partition coefficient (Wildman–Crippen LogP) is 6.16. The molecule has 0 atom stereocenters. The van der Waals surface area contributed by atoms with Crippen molar-refractivity contribution in [3.05, 3.63) is 86.7 Å². The summed E-state index contributed by atoms with van der Waals surface area (Å²) in [5.41, 5.74) is 4.85. The lowest BCUT2D eigenvalue weighted by molar-refractivity contribution is 0.0697. The maximum Gasteiger partial charge on any atom is 0.335 e. The van der Waals surface area contributed by atoms with Crippen molar-refractivity contribution >= 4 is 40.8 Å². The first-order valence-electron chi connectivity index (χ1n) is 8.41. The van der Waals surface area contributed by atoms with Gasteiger partial charge in [0.25, 0.3) is 0 Å². The van der Waals surface area contributed by atoms with Crippen LogP contribution in [-0.4, -0.2) is 15.6 Å². The van der Waals surface area contributed by atoms with Gasteiger partial charge in [-0.1, -0.05) is 35.3 Å². The molecular formula is C22H16Cl2N2O2. The van der Waals surface area contributed by atoms with E-state index >= 15 is 0 Å². The van der Waals surface area contributed by atoms with Crippen LogP contribution >= 0.6 is 23.2 Å². The van der Waals surface area contributed by atoms with Crippen molar-refractivity contribution in [2.45, 2.75) is 13.8 Å². The van der Waals surface area contributed by atoms with Crippen molar-refractivity contribution < 1.29 is 9.90 Å². The number of nitrogens with zero attached hydrogens (tertiary/aromatic N) is 2. The van der Waals surface area contributed by atoms with Crippen LogP contribution < -0.4 is 0 Å². The molecule has 6 heteroatoms. The van der Waals surface area contributed by atoms with Gasteiger partial charge in [0.05, 0.1) is 27.9 Å². The summed E-state index contributed by atoms with van der Waals surface area (Å²) in [6, 6.07) is 15.7. The number of benzene rings is 2. The molecule has 3 rings (SSSR count). The lowest BCUT2D eigenvalue weighted by Crippen LogP contribution is -2.00. The maximum atomic E-state index is 11.0. The van der Waals surface area contributed by atoms with Crippen LogP contribution in [0.4, 0.5) is 0 Å². The average molecular weight is 411 g/mol. The second kappa shape index (κ2) is 7.93. The smallest absolute Gasteiger partial charge is 0.335 e. The van der Waals surface area contributed by atoms with Gasteiger partial charge in [0.15, 0.2) is 0 Å². The number of carbonyl (C=O) groups is 1. The van der Waals surface area contributed by atoms with E-state index in [1.807, 2.05) is 30.5 Å². The first-order valence-corrected chi connectivity index (χ1v) is 9.17. The summed E-state index contributed by atoms with van der Waals surface area (Å²) in [4.78, 5) is 11.0. The monoisotopic (exact) mass is 410 g/mol. The van der Waals surface area contributed by atoms with Crippen LogP contribution in [0.3, 0.4) is 0 Å². The highest BCUT2D eigenvalue weighted by atomic mass is 35.5. The number of allylic oxidation sites excluding steroid dienone is 1. The van der Waals surface area contributed by atoms with Crippen molar-refractivity contribution in [2.75, 3.05) is 0 Å². The molecule has 0 aliphatic rings. The molecule has 0 unspecified atom stereocenters.